The number of carbonyl (C=O) groups excluding carboxylic acids is 1. The summed E-state index contributed by atoms with van der Waals surface area (Å²) < 4.78 is 5.21. The van der Waals surface area contributed by atoms with E-state index >= 15 is 0 Å². The molecule has 1 aliphatic rings. The van der Waals surface area contributed by atoms with Crippen molar-refractivity contribution in [3.05, 3.63) is 0 Å². The van der Waals surface area contributed by atoms with E-state index in [1.165, 1.54) is 12.8 Å². The summed E-state index contributed by atoms with van der Waals surface area (Å²) in [6.07, 6.45) is 6.56. The standard InChI is InChI=1S/C16H29NO4/c1-16(2,3)21-15(20)17-11-13(10-14(18)19)12-8-6-4-5-7-9-12/h12-13H,4-11H2,1-3H3,(H,17,20)(H,18,19). The molecule has 1 amide bonds. The first-order valence-electron chi connectivity index (χ1n) is 7.96. The van der Waals surface area contributed by atoms with Gasteiger partial charge in [-0.2, -0.15) is 0 Å². The molecule has 1 fully saturated rings. The fourth-order valence-corrected chi connectivity index (χ4v) is 2.94. The van der Waals surface area contributed by atoms with Crippen molar-refractivity contribution in [3.63, 3.8) is 0 Å². The number of carboxylic acids is 1. The van der Waals surface area contributed by atoms with Crippen LogP contribution in [0.5, 0.6) is 0 Å². The second-order valence-corrected chi connectivity index (χ2v) is 6.99. The third kappa shape index (κ3) is 7.93. The first-order valence-corrected chi connectivity index (χ1v) is 7.96. The molecule has 1 rings (SSSR count). The number of ether oxygens (including phenoxy) is 1. The van der Waals surface area contributed by atoms with Gasteiger partial charge in [0.25, 0.3) is 0 Å². The fraction of sp³-hybridized carbons (Fsp3) is 0.875. The number of hydrogen-bond donors (Lipinski definition) is 2. The Balaban J connectivity index is 2.52. The average Bonchev–Trinajstić information content (AvgIpc) is 2.60. The van der Waals surface area contributed by atoms with Crippen molar-refractivity contribution in [2.75, 3.05) is 6.54 Å². The van der Waals surface area contributed by atoms with Crippen molar-refractivity contribution in [1.82, 2.24) is 5.32 Å². The molecule has 0 bridgehead atoms. The summed E-state index contributed by atoms with van der Waals surface area (Å²) in [7, 11) is 0. The summed E-state index contributed by atoms with van der Waals surface area (Å²) >= 11 is 0. The zero-order chi connectivity index (χ0) is 15.9. The Morgan fingerprint density at radius 1 is 1.19 bits per heavy atom. The first kappa shape index (κ1) is 17.8. The highest BCUT2D eigenvalue weighted by Gasteiger charge is 2.26. The van der Waals surface area contributed by atoms with Crippen LogP contribution in [0.4, 0.5) is 4.79 Å². The van der Waals surface area contributed by atoms with Crippen molar-refractivity contribution < 1.29 is 19.4 Å². The van der Waals surface area contributed by atoms with Gasteiger partial charge in [-0.3, -0.25) is 4.79 Å². The molecule has 122 valence electrons. The maximum atomic E-state index is 11.7. The monoisotopic (exact) mass is 299 g/mol. The van der Waals surface area contributed by atoms with Gasteiger partial charge in [0.15, 0.2) is 0 Å². The van der Waals surface area contributed by atoms with Crippen molar-refractivity contribution >= 4 is 12.1 Å². The van der Waals surface area contributed by atoms with Crippen LogP contribution >= 0.6 is 0 Å². The minimum absolute atomic E-state index is 0.00637. The van der Waals surface area contributed by atoms with E-state index < -0.39 is 17.7 Å². The minimum Gasteiger partial charge on any atom is -0.481 e. The van der Waals surface area contributed by atoms with E-state index in [1.807, 2.05) is 20.8 Å². The largest absolute Gasteiger partial charge is 0.481 e. The third-order valence-corrected chi connectivity index (χ3v) is 3.91. The number of aliphatic carboxylic acids is 1. The summed E-state index contributed by atoms with van der Waals surface area (Å²) in [4.78, 5) is 22.8. The maximum Gasteiger partial charge on any atom is 0.407 e. The Morgan fingerprint density at radius 3 is 2.24 bits per heavy atom. The topological polar surface area (TPSA) is 75.6 Å². The fourth-order valence-electron chi connectivity index (χ4n) is 2.94. The van der Waals surface area contributed by atoms with Crippen molar-refractivity contribution in [2.45, 2.75) is 71.3 Å². The lowest BCUT2D eigenvalue weighted by Gasteiger charge is -2.26. The highest BCUT2D eigenvalue weighted by atomic mass is 16.6. The van der Waals surface area contributed by atoms with E-state index in [1.54, 1.807) is 0 Å². The number of rotatable bonds is 5. The predicted octanol–water partition coefficient (Wildman–Crippen LogP) is 3.57. The molecule has 21 heavy (non-hydrogen) atoms. The van der Waals surface area contributed by atoms with Crippen molar-refractivity contribution in [3.8, 4) is 0 Å². The molecule has 1 aliphatic carbocycles. The molecule has 1 atom stereocenters. The van der Waals surface area contributed by atoms with Gasteiger partial charge in [-0.1, -0.05) is 38.5 Å². The van der Waals surface area contributed by atoms with Gasteiger partial charge in [0.05, 0.1) is 6.42 Å². The highest BCUT2D eigenvalue weighted by Crippen LogP contribution is 2.30. The highest BCUT2D eigenvalue weighted by molar-refractivity contribution is 5.68. The Morgan fingerprint density at radius 2 is 1.76 bits per heavy atom. The van der Waals surface area contributed by atoms with E-state index in [0.717, 1.165) is 25.7 Å². The Kier molecular flexibility index (Phi) is 6.99. The SMILES string of the molecule is CC(C)(C)OC(=O)NCC(CC(=O)O)C1CCCCCC1. The van der Waals surface area contributed by atoms with Crippen LogP contribution in [-0.2, 0) is 9.53 Å². The van der Waals surface area contributed by atoms with E-state index in [-0.39, 0.29) is 12.3 Å². The second kappa shape index (κ2) is 8.25. The summed E-state index contributed by atoms with van der Waals surface area (Å²) in [5.74, 6) is -0.415. The maximum absolute atomic E-state index is 11.7. The van der Waals surface area contributed by atoms with Crippen LogP contribution in [0.3, 0.4) is 0 Å². The van der Waals surface area contributed by atoms with Gasteiger partial charge in [0.2, 0.25) is 0 Å². The quantitative estimate of drug-likeness (QED) is 0.761. The van der Waals surface area contributed by atoms with Crippen LogP contribution in [0.2, 0.25) is 0 Å². The molecule has 0 spiro atoms. The number of alkyl carbamates (subject to hydrolysis) is 1. The molecule has 0 aromatic carbocycles. The van der Waals surface area contributed by atoms with Crippen LogP contribution in [0.15, 0.2) is 0 Å². The Hall–Kier alpha value is -1.26. The summed E-state index contributed by atoms with van der Waals surface area (Å²) in [5.41, 5.74) is -0.533. The van der Waals surface area contributed by atoms with Crippen LogP contribution in [0.25, 0.3) is 0 Å². The molecule has 0 aromatic rings. The predicted molar refractivity (Wildman–Crippen MR) is 81.2 cm³/mol. The summed E-state index contributed by atoms with van der Waals surface area (Å²) in [5, 5.41) is 11.8. The molecule has 0 aliphatic heterocycles. The van der Waals surface area contributed by atoms with Crippen molar-refractivity contribution in [1.29, 1.82) is 0 Å². The van der Waals surface area contributed by atoms with Crippen LogP contribution in [0.1, 0.15) is 65.7 Å². The molecular weight excluding hydrogens is 270 g/mol. The molecule has 2 N–H and O–H groups in total. The van der Waals surface area contributed by atoms with E-state index in [2.05, 4.69) is 5.32 Å². The molecule has 0 radical (unpaired) electrons. The normalized spacial score (nSPS) is 18.6. The van der Waals surface area contributed by atoms with Crippen LogP contribution in [0, 0.1) is 11.8 Å². The number of nitrogens with one attached hydrogen (secondary N) is 1. The van der Waals surface area contributed by atoms with E-state index in [0.29, 0.717) is 12.5 Å². The molecule has 5 heteroatoms. The number of hydrogen-bond acceptors (Lipinski definition) is 3. The van der Waals surface area contributed by atoms with Gasteiger partial charge in [-0.25, -0.2) is 4.79 Å². The lowest BCUT2D eigenvalue weighted by atomic mass is 9.84. The molecule has 1 saturated carbocycles. The van der Waals surface area contributed by atoms with Gasteiger partial charge < -0.3 is 15.2 Å². The average molecular weight is 299 g/mol. The van der Waals surface area contributed by atoms with Gasteiger partial charge in [-0.05, 0) is 32.6 Å². The van der Waals surface area contributed by atoms with Gasteiger partial charge in [0, 0.05) is 6.54 Å². The van der Waals surface area contributed by atoms with E-state index in [9.17, 15) is 9.59 Å². The smallest absolute Gasteiger partial charge is 0.407 e. The summed E-state index contributed by atoms with van der Waals surface area (Å²) in [6.45, 7) is 5.82. The van der Waals surface area contributed by atoms with Gasteiger partial charge >= 0.3 is 12.1 Å². The molecule has 0 heterocycles. The van der Waals surface area contributed by atoms with Gasteiger partial charge in [-0.15, -0.1) is 0 Å². The van der Waals surface area contributed by atoms with E-state index in [4.69, 9.17) is 9.84 Å². The van der Waals surface area contributed by atoms with Crippen LogP contribution < -0.4 is 5.32 Å². The lowest BCUT2D eigenvalue weighted by molar-refractivity contribution is -0.138. The first-order chi connectivity index (χ1) is 9.78. The number of carboxylic acid groups (broad SMARTS) is 1. The number of amides is 1. The zero-order valence-electron chi connectivity index (χ0n) is 13.5. The molecule has 0 saturated heterocycles. The van der Waals surface area contributed by atoms with Crippen LogP contribution in [-0.4, -0.2) is 29.3 Å². The molecule has 5 nitrogen and oxygen atoms in total. The number of carbonyl (C=O) groups is 2. The third-order valence-electron chi connectivity index (χ3n) is 3.91. The van der Waals surface area contributed by atoms with Crippen molar-refractivity contribution in [2.24, 2.45) is 11.8 Å². The molecule has 1 unspecified atom stereocenters. The summed E-state index contributed by atoms with van der Waals surface area (Å²) in [6, 6.07) is 0. The zero-order valence-corrected chi connectivity index (χ0v) is 13.5. The minimum atomic E-state index is -0.796. The molecular formula is C16H29NO4. The lowest BCUT2D eigenvalue weighted by Crippen LogP contribution is -2.37. The molecule has 0 aromatic heterocycles. The second-order valence-electron chi connectivity index (χ2n) is 6.99. The Bertz CT molecular complexity index is 341. The Labute approximate surface area is 127 Å². The van der Waals surface area contributed by atoms with Gasteiger partial charge in [0.1, 0.15) is 5.60 Å².